The highest BCUT2D eigenvalue weighted by molar-refractivity contribution is 9.10. The molecule has 4 nitrogen and oxygen atoms in total. The average Bonchev–Trinajstić information content (AvgIpc) is 2.33. The molecule has 1 aromatic rings. The van der Waals surface area contributed by atoms with Crippen LogP contribution in [0.4, 0.5) is 15.8 Å². The number of hydrogen-bond donors (Lipinski definition) is 2. The zero-order chi connectivity index (χ0) is 13.1. The Hall–Kier alpha value is -1.14. The normalized spacial score (nSPS) is 17.9. The van der Waals surface area contributed by atoms with Crippen molar-refractivity contribution in [1.82, 2.24) is 0 Å². The van der Waals surface area contributed by atoms with Gasteiger partial charge < -0.3 is 15.4 Å². The first kappa shape index (κ1) is 13.3. The lowest BCUT2D eigenvalue weighted by atomic mass is 10.1. The molecule has 1 aliphatic heterocycles. The molecule has 98 valence electrons. The van der Waals surface area contributed by atoms with Crippen molar-refractivity contribution in [3.8, 4) is 0 Å². The quantitative estimate of drug-likeness (QED) is 0.840. The summed E-state index contributed by atoms with van der Waals surface area (Å²) in [6.07, 6.45) is 1.42. The lowest BCUT2D eigenvalue weighted by molar-refractivity contribution is -0.117. The molecule has 0 aromatic heterocycles. The van der Waals surface area contributed by atoms with E-state index in [4.69, 9.17) is 4.74 Å². The lowest BCUT2D eigenvalue weighted by Gasteiger charge is -2.27. The molecule has 1 aromatic carbocycles. The van der Waals surface area contributed by atoms with Gasteiger partial charge in [-0.25, -0.2) is 4.39 Å². The second-order valence-electron chi connectivity index (χ2n) is 4.13. The highest BCUT2D eigenvalue weighted by Gasteiger charge is 2.25. The largest absolute Gasteiger partial charge is 0.385 e. The van der Waals surface area contributed by atoms with Crippen molar-refractivity contribution < 1.29 is 13.9 Å². The number of carbonyl (C=O) groups excluding carboxylic acids is 1. The molecule has 0 spiro atoms. The number of fused-ring (bicyclic) bond motifs is 1. The number of hydrogen-bond acceptors (Lipinski definition) is 3. The summed E-state index contributed by atoms with van der Waals surface area (Å²) >= 11 is 3.09. The van der Waals surface area contributed by atoms with Crippen LogP contribution in [-0.4, -0.2) is 25.7 Å². The molecule has 0 fully saturated rings. The molecule has 0 aliphatic carbocycles. The van der Waals surface area contributed by atoms with Crippen molar-refractivity contribution in [2.45, 2.75) is 18.9 Å². The zero-order valence-corrected chi connectivity index (χ0v) is 11.5. The maximum absolute atomic E-state index is 13.4. The molecular formula is C12H14BrFN2O2. The second kappa shape index (κ2) is 5.67. The molecular weight excluding hydrogens is 303 g/mol. The van der Waals surface area contributed by atoms with Crippen molar-refractivity contribution in [3.05, 3.63) is 22.4 Å². The fourth-order valence-corrected chi connectivity index (χ4v) is 2.22. The minimum absolute atomic E-state index is 0.0999. The van der Waals surface area contributed by atoms with E-state index in [0.29, 0.717) is 28.9 Å². The predicted octanol–water partition coefficient (Wildman–Crippen LogP) is 2.75. The molecule has 1 unspecified atom stereocenters. The fourth-order valence-electron chi connectivity index (χ4n) is 1.88. The van der Waals surface area contributed by atoms with Crippen molar-refractivity contribution in [1.29, 1.82) is 0 Å². The minimum atomic E-state index is -0.354. The maximum Gasteiger partial charge on any atom is 0.246 e. The van der Waals surface area contributed by atoms with Gasteiger partial charge in [0.05, 0.1) is 15.8 Å². The molecule has 1 atom stereocenters. The predicted molar refractivity (Wildman–Crippen MR) is 71.3 cm³/mol. The molecule has 2 N–H and O–H groups in total. The Balaban J connectivity index is 2.12. The van der Waals surface area contributed by atoms with Gasteiger partial charge in [0.1, 0.15) is 11.9 Å². The van der Waals surface area contributed by atoms with Crippen LogP contribution >= 0.6 is 15.9 Å². The van der Waals surface area contributed by atoms with Crippen molar-refractivity contribution >= 4 is 33.2 Å². The Labute approximate surface area is 113 Å². The summed E-state index contributed by atoms with van der Waals surface area (Å²) in [4.78, 5) is 11.8. The summed E-state index contributed by atoms with van der Waals surface area (Å²) in [5.74, 6) is -0.454. The van der Waals surface area contributed by atoms with Crippen LogP contribution in [0.25, 0.3) is 0 Å². The first-order valence-corrected chi connectivity index (χ1v) is 6.46. The number of carbonyl (C=O) groups is 1. The highest BCUT2D eigenvalue weighted by Crippen LogP contribution is 2.32. The molecule has 0 saturated carbocycles. The summed E-state index contributed by atoms with van der Waals surface area (Å²) in [5.41, 5.74) is 1.20. The summed E-state index contributed by atoms with van der Waals surface area (Å²) in [6, 6.07) is 2.59. The molecule has 1 amide bonds. The molecule has 0 saturated heterocycles. The van der Waals surface area contributed by atoms with Gasteiger partial charge in [-0.2, -0.15) is 0 Å². The third kappa shape index (κ3) is 2.81. The number of methoxy groups -OCH3 is 1. The van der Waals surface area contributed by atoms with Crippen LogP contribution in [0.2, 0.25) is 0 Å². The Morgan fingerprint density at radius 2 is 2.22 bits per heavy atom. The van der Waals surface area contributed by atoms with Crippen molar-refractivity contribution in [2.75, 3.05) is 24.4 Å². The summed E-state index contributed by atoms with van der Waals surface area (Å²) in [6.45, 7) is 0.604. The fraction of sp³-hybridized carbons (Fsp3) is 0.417. The minimum Gasteiger partial charge on any atom is -0.385 e. The molecule has 1 aliphatic rings. The average molecular weight is 317 g/mol. The van der Waals surface area contributed by atoms with E-state index in [1.165, 1.54) is 6.07 Å². The van der Waals surface area contributed by atoms with Crippen LogP contribution in [0.5, 0.6) is 0 Å². The van der Waals surface area contributed by atoms with Crippen LogP contribution in [0.15, 0.2) is 16.6 Å². The maximum atomic E-state index is 13.4. The third-order valence-corrected chi connectivity index (χ3v) is 3.41. The zero-order valence-electron chi connectivity index (χ0n) is 9.93. The molecule has 18 heavy (non-hydrogen) atoms. The Kier molecular flexibility index (Phi) is 4.19. The Morgan fingerprint density at radius 3 is 2.94 bits per heavy atom. The van der Waals surface area contributed by atoms with Gasteiger partial charge in [-0.05, 0) is 34.8 Å². The highest BCUT2D eigenvalue weighted by atomic mass is 79.9. The number of benzene rings is 1. The number of halogens is 2. The number of nitrogens with one attached hydrogen (secondary N) is 2. The van der Waals surface area contributed by atoms with Crippen LogP contribution in [-0.2, 0) is 9.53 Å². The summed E-state index contributed by atoms with van der Waals surface area (Å²) in [7, 11) is 1.62. The van der Waals surface area contributed by atoms with E-state index in [-0.39, 0.29) is 17.8 Å². The summed E-state index contributed by atoms with van der Waals surface area (Å²) < 4.78 is 18.7. The van der Waals surface area contributed by atoms with Crippen LogP contribution in [0.3, 0.4) is 0 Å². The molecule has 2 rings (SSSR count). The Morgan fingerprint density at radius 1 is 1.44 bits per heavy atom. The van der Waals surface area contributed by atoms with E-state index in [1.807, 2.05) is 0 Å². The number of rotatable bonds is 4. The second-order valence-corrected chi connectivity index (χ2v) is 4.99. The smallest absolute Gasteiger partial charge is 0.246 e. The van der Waals surface area contributed by atoms with Gasteiger partial charge in [0.15, 0.2) is 0 Å². The van der Waals surface area contributed by atoms with Gasteiger partial charge in [-0.3, -0.25) is 4.79 Å². The van der Waals surface area contributed by atoms with Gasteiger partial charge in [0.25, 0.3) is 0 Å². The van der Waals surface area contributed by atoms with Gasteiger partial charge >= 0.3 is 0 Å². The van der Waals surface area contributed by atoms with Crippen LogP contribution < -0.4 is 10.6 Å². The Bertz CT molecular complexity index is 468. The van der Waals surface area contributed by atoms with Gasteiger partial charge in [0.2, 0.25) is 5.91 Å². The number of amides is 1. The first-order chi connectivity index (χ1) is 8.61. The van der Waals surface area contributed by atoms with E-state index >= 15 is 0 Å². The molecule has 0 radical (unpaired) electrons. The monoisotopic (exact) mass is 316 g/mol. The van der Waals surface area contributed by atoms with E-state index < -0.39 is 0 Å². The van der Waals surface area contributed by atoms with Gasteiger partial charge in [-0.15, -0.1) is 0 Å². The standard InChI is InChI=1S/C12H14BrFN2O2/c1-18-4-2-3-9-12(17)16-10-5-7(13)8(14)6-11(10)15-9/h5-6,9,15H,2-4H2,1H3,(H,16,17). The van der Waals surface area contributed by atoms with Crippen LogP contribution in [0.1, 0.15) is 12.8 Å². The molecule has 1 heterocycles. The summed E-state index contributed by atoms with van der Waals surface area (Å²) in [5, 5.41) is 5.81. The van der Waals surface area contributed by atoms with Gasteiger partial charge in [0, 0.05) is 19.8 Å². The number of ether oxygens (including phenoxy) is 1. The molecule has 0 bridgehead atoms. The van der Waals surface area contributed by atoms with E-state index in [0.717, 1.165) is 6.42 Å². The van der Waals surface area contributed by atoms with E-state index in [2.05, 4.69) is 26.6 Å². The first-order valence-electron chi connectivity index (χ1n) is 5.67. The van der Waals surface area contributed by atoms with Gasteiger partial charge in [-0.1, -0.05) is 0 Å². The van der Waals surface area contributed by atoms with E-state index in [9.17, 15) is 9.18 Å². The van der Waals surface area contributed by atoms with E-state index in [1.54, 1.807) is 13.2 Å². The van der Waals surface area contributed by atoms with Crippen molar-refractivity contribution in [2.24, 2.45) is 0 Å². The third-order valence-electron chi connectivity index (χ3n) is 2.81. The van der Waals surface area contributed by atoms with Crippen molar-refractivity contribution in [3.63, 3.8) is 0 Å². The topological polar surface area (TPSA) is 50.4 Å². The number of anilines is 2. The SMILES string of the molecule is COCCCC1Nc2cc(F)c(Br)cc2NC1=O. The lowest BCUT2D eigenvalue weighted by Crippen LogP contribution is -2.39. The molecule has 6 heteroatoms. The van der Waals surface area contributed by atoms with Crippen LogP contribution in [0, 0.1) is 5.82 Å².